The van der Waals surface area contributed by atoms with Gasteiger partial charge in [0.25, 0.3) is 0 Å². The van der Waals surface area contributed by atoms with Crippen LogP contribution in [0.1, 0.15) is 4.88 Å². The van der Waals surface area contributed by atoms with E-state index in [0.717, 1.165) is 4.88 Å². The zero-order valence-corrected chi connectivity index (χ0v) is 12.4. The summed E-state index contributed by atoms with van der Waals surface area (Å²) in [7, 11) is 0. The molecule has 1 fully saturated rings. The van der Waals surface area contributed by atoms with E-state index in [9.17, 15) is 15.3 Å². The molecule has 1 aromatic heterocycles. The Labute approximate surface area is 130 Å². The van der Waals surface area contributed by atoms with Gasteiger partial charge in [0.2, 0.25) is 0 Å². The van der Waals surface area contributed by atoms with E-state index < -0.39 is 37.3 Å². The van der Waals surface area contributed by atoms with Crippen LogP contribution in [0.5, 0.6) is 11.5 Å². The van der Waals surface area contributed by atoms with Crippen molar-refractivity contribution in [1.82, 2.24) is 0 Å². The number of hydrogen-bond donors (Lipinski definition) is 4. The highest BCUT2D eigenvalue weighted by Gasteiger charge is 2.44. The lowest BCUT2D eigenvalue weighted by Crippen LogP contribution is -2.59. The first-order valence-corrected chi connectivity index (χ1v) is 7.78. The van der Waals surface area contributed by atoms with Gasteiger partial charge in [0.1, 0.15) is 37.6 Å². The minimum Gasteiger partial charge on any atom is -0.485 e. The summed E-state index contributed by atoms with van der Waals surface area (Å²) in [5, 5.41) is 40.2. The Morgan fingerprint density at radius 3 is 2.68 bits per heavy atom. The van der Waals surface area contributed by atoms with E-state index in [1.165, 1.54) is 11.3 Å². The Morgan fingerprint density at radius 1 is 1.14 bits per heavy atom. The fourth-order valence-electron chi connectivity index (χ4n) is 2.38. The molecule has 0 aromatic carbocycles. The molecule has 8 nitrogen and oxygen atoms in total. The largest absolute Gasteiger partial charge is 0.485 e. The highest BCUT2D eigenvalue weighted by Crippen LogP contribution is 2.40. The van der Waals surface area contributed by atoms with E-state index in [-0.39, 0.29) is 6.61 Å². The second kappa shape index (κ2) is 6.67. The smallest absolute Gasteiger partial charge is 0.187 e. The molecule has 3 rings (SSSR count). The van der Waals surface area contributed by atoms with E-state index in [0.29, 0.717) is 24.7 Å². The highest BCUT2D eigenvalue weighted by atomic mass is 32.1. The monoisotopic (exact) mass is 334 g/mol. The molecule has 0 radical (unpaired) electrons. The van der Waals surface area contributed by atoms with Gasteiger partial charge in [0.15, 0.2) is 17.8 Å². The van der Waals surface area contributed by atoms with Crippen LogP contribution in [0.3, 0.4) is 0 Å². The second-order valence-corrected chi connectivity index (χ2v) is 6.02. The third-order valence-electron chi connectivity index (χ3n) is 3.60. The summed E-state index contributed by atoms with van der Waals surface area (Å²) in [6.07, 6.45) is -6.40. The maximum Gasteiger partial charge on any atom is 0.187 e. The number of rotatable bonds is 4. The minimum absolute atomic E-state index is 0.0893. The van der Waals surface area contributed by atoms with Crippen LogP contribution in [-0.2, 0) is 16.1 Å². The van der Waals surface area contributed by atoms with Crippen molar-refractivity contribution in [3.05, 3.63) is 10.3 Å². The molecule has 4 N–H and O–H groups in total. The molecular formula is C13H18O8S. The number of hydrogen-bond acceptors (Lipinski definition) is 9. The lowest BCUT2D eigenvalue weighted by Gasteiger charge is -2.39. The molecule has 124 valence electrons. The maximum atomic E-state index is 9.89. The zero-order chi connectivity index (χ0) is 15.7. The number of aliphatic hydroxyl groups is 4. The molecule has 2 aliphatic rings. The third kappa shape index (κ3) is 2.93. The standard InChI is InChI=1S/C13H18O8S/c14-3-6-9(15)10(16)11(17)13(21-6)20-4-8-12-7(5-22-8)18-1-2-19-12/h5-6,9-11,13-17H,1-4H2/t6-,9-,10+,11-,13-/m0/s1. The van der Waals surface area contributed by atoms with Crippen LogP contribution in [0.25, 0.3) is 0 Å². The van der Waals surface area contributed by atoms with Crippen LogP contribution in [0.2, 0.25) is 0 Å². The van der Waals surface area contributed by atoms with Crippen LogP contribution in [0.4, 0.5) is 0 Å². The first kappa shape index (κ1) is 15.9. The highest BCUT2D eigenvalue weighted by molar-refractivity contribution is 7.10. The number of aliphatic hydroxyl groups excluding tert-OH is 4. The van der Waals surface area contributed by atoms with Crippen molar-refractivity contribution < 1.29 is 39.4 Å². The van der Waals surface area contributed by atoms with Crippen molar-refractivity contribution in [3.63, 3.8) is 0 Å². The van der Waals surface area contributed by atoms with Crippen molar-refractivity contribution >= 4 is 11.3 Å². The van der Waals surface area contributed by atoms with Gasteiger partial charge in [0, 0.05) is 5.38 Å². The summed E-state index contributed by atoms with van der Waals surface area (Å²) in [6, 6.07) is 0. The van der Waals surface area contributed by atoms with E-state index in [1.54, 1.807) is 5.38 Å². The fraction of sp³-hybridized carbons (Fsp3) is 0.692. The summed E-state index contributed by atoms with van der Waals surface area (Å²) in [6.45, 7) is 0.551. The topological polar surface area (TPSA) is 118 Å². The van der Waals surface area contributed by atoms with Crippen LogP contribution >= 0.6 is 11.3 Å². The lowest BCUT2D eigenvalue weighted by molar-refractivity contribution is -0.304. The van der Waals surface area contributed by atoms with Gasteiger partial charge in [-0.1, -0.05) is 0 Å². The van der Waals surface area contributed by atoms with Gasteiger partial charge in [-0.25, -0.2) is 0 Å². The summed E-state index contributed by atoms with van der Waals surface area (Å²) < 4.78 is 21.7. The van der Waals surface area contributed by atoms with Gasteiger partial charge < -0.3 is 39.4 Å². The normalized spacial score (nSPS) is 34.6. The first-order chi connectivity index (χ1) is 10.6. The molecule has 5 atom stereocenters. The third-order valence-corrected chi connectivity index (χ3v) is 4.52. The molecule has 0 saturated carbocycles. The van der Waals surface area contributed by atoms with Gasteiger partial charge in [-0.2, -0.15) is 0 Å². The summed E-state index contributed by atoms with van der Waals surface area (Å²) >= 11 is 1.39. The van der Waals surface area contributed by atoms with Crippen molar-refractivity contribution in [2.45, 2.75) is 37.3 Å². The number of fused-ring (bicyclic) bond motifs is 1. The SMILES string of the molecule is OC[C@@H]1O[C@H](OCc2scc3c2OCCO3)[C@@H](O)[C@H](O)[C@H]1O. The van der Waals surface area contributed by atoms with Gasteiger partial charge >= 0.3 is 0 Å². The minimum atomic E-state index is -1.45. The summed E-state index contributed by atoms with van der Waals surface area (Å²) in [5.41, 5.74) is 0. The maximum absolute atomic E-state index is 9.89. The molecule has 1 aromatic rings. The predicted octanol–water partition coefficient (Wildman–Crippen LogP) is -1.16. The number of thiophene rings is 1. The van der Waals surface area contributed by atoms with Crippen molar-refractivity contribution in [3.8, 4) is 11.5 Å². The van der Waals surface area contributed by atoms with E-state index in [4.69, 9.17) is 24.1 Å². The summed E-state index contributed by atoms with van der Waals surface area (Å²) in [5.74, 6) is 1.27. The van der Waals surface area contributed by atoms with E-state index in [1.807, 2.05) is 0 Å². The molecule has 0 spiro atoms. The average Bonchev–Trinajstić information content (AvgIpc) is 2.95. The van der Waals surface area contributed by atoms with Gasteiger partial charge in [-0.05, 0) is 0 Å². The lowest BCUT2D eigenvalue weighted by atomic mass is 9.99. The molecule has 0 amide bonds. The van der Waals surface area contributed by atoms with E-state index in [2.05, 4.69) is 0 Å². The van der Waals surface area contributed by atoms with Crippen LogP contribution in [0, 0.1) is 0 Å². The summed E-state index contributed by atoms with van der Waals surface area (Å²) in [4.78, 5) is 0.770. The Morgan fingerprint density at radius 2 is 1.91 bits per heavy atom. The van der Waals surface area contributed by atoms with Crippen molar-refractivity contribution in [2.75, 3.05) is 19.8 Å². The van der Waals surface area contributed by atoms with Crippen LogP contribution < -0.4 is 9.47 Å². The van der Waals surface area contributed by atoms with Crippen LogP contribution in [-0.4, -0.2) is 71.0 Å². The Bertz CT molecular complexity index is 504. The fourth-order valence-corrected chi connectivity index (χ4v) is 3.21. The Balaban J connectivity index is 1.64. The predicted molar refractivity (Wildman–Crippen MR) is 73.9 cm³/mol. The number of ether oxygens (including phenoxy) is 4. The molecule has 0 unspecified atom stereocenters. The quantitative estimate of drug-likeness (QED) is 0.544. The van der Waals surface area contributed by atoms with Crippen LogP contribution in [0.15, 0.2) is 5.38 Å². The van der Waals surface area contributed by atoms with Crippen molar-refractivity contribution in [1.29, 1.82) is 0 Å². The Kier molecular flexibility index (Phi) is 4.83. The second-order valence-electron chi connectivity index (χ2n) is 5.06. The van der Waals surface area contributed by atoms with Gasteiger partial charge in [-0.3, -0.25) is 0 Å². The first-order valence-electron chi connectivity index (χ1n) is 6.90. The Hall–Kier alpha value is -0.940. The molecule has 22 heavy (non-hydrogen) atoms. The molecule has 9 heteroatoms. The van der Waals surface area contributed by atoms with E-state index >= 15 is 0 Å². The molecule has 2 aliphatic heterocycles. The molecular weight excluding hydrogens is 316 g/mol. The van der Waals surface area contributed by atoms with Gasteiger partial charge in [0.05, 0.1) is 18.1 Å². The molecule has 0 bridgehead atoms. The van der Waals surface area contributed by atoms with Gasteiger partial charge in [-0.15, -0.1) is 11.3 Å². The van der Waals surface area contributed by atoms with Crippen molar-refractivity contribution in [2.24, 2.45) is 0 Å². The molecule has 1 saturated heterocycles. The molecule has 0 aliphatic carbocycles. The zero-order valence-electron chi connectivity index (χ0n) is 11.6. The average molecular weight is 334 g/mol. The molecule has 3 heterocycles.